The molecule has 2 heterocycles. The second kappa shape index (κ2) is 7.31. The lowest BCUT2D eigenvalue weighted by atomic mass is 10.1. The number of methoxy groups -OCH3 is 1. The van der Waals surface area contributed by atoms with E-state index in [1.807, 2.05) is 54.8 Å². The molecule has 0 saturated carbocycles. The molecule has 124 valence electrons. The van der Waals surface area contributed by atoms with E-state index >= 15 is 0 Å². The van der Waals surface area contributed by atoms with Crippen LogP contribution in [0.1, 0.15) is 22.3 Å². The van der Waals surface area contributed by atoms with Gasteiger partial charge >= 0.3 is 0 Å². The number of benzene rings is 1. The molecule has 2 aromatic heterocycles. The molecular formula is C18H18N2O3S. The first-order chi connectivity index (χ1) is 11.7. The SMILES string of the molecule is CCN(Cc1cc(-c2cccc(OC)c2)on1)C(=O)c1cccs1. The van der Waals surface area contributed by atoms with Gasteiger partial charge in [-0.15, -0.1) is 11.3 Å². The van der Waals surface area contributed by atoms with Crippen LogP contribution in [0.2, 0.25) is 0 Å². The van der Waals surface area contributed by atoms with Gasteiger partial charge in [0.05, 0.1) is 18.5 Å². The summed E-state index contributed by atoms with van der Waals surface area (Å²) in [5.41, 5.74) is 1.61. The van der Waals surface area contributed by atoms with Crippen molar-refractivity contribution in [3.8, 4) is 17.1 Å². The molecule has 3 aromatic rings. The summed E-state index contributed by atoms with van der Waals surface area (Å²) >= 11 is 1.44. The first kappa shape index (κ1) is 16.3. The van der Waals surface area contributed by atoms with Crippen LogP contribution in [0.5, 0.6) is 5.75 Å². The zero-order valence-corrected chi connectivity index (χ0v) is 14.4. The molecule has 0 N–H and O–H groups in total. The van der Waals surface area contributed by atoms with Gasteiger partial charge in [0.1, 0.15) is 11.4 Å². The number of carbonyl (C=O) groups is 1. The summed E-state index contributed by atoms with van der Waals surface area (Å²) in [5.74, 6) is 1.43. The molecule has 1 aromatic carbocycles. The van der Waals surface area contributed by atoms with Crippen LogP contribution < -0.4 is 4.74 Å². The molecule has 5 nitrogen and oxygen atoms in total. The van der Waals surface area contributed by atoms with Crippen molar-refractivity contribution in [2.24, 2.45) is 0 Å². The van der Waals surface area contributed by atoms with Crippen LogP contribution in [0.25, 0.3) is 11.3 Å². The predicted molar refractivity (Wildman–Crippen MR) is 93.2 cm³/mol. The van der Waals surface area contributed by atoms with Gasteiger partial charge in [0, 0.05) is 18.2 Å². The minimum absolute atomic E-state index is 0.0124. The number of ether oxygens (including phenoxy) is 1. The van der Waals surface area contributed by atoms with Gasteiger partial charge in [0.15, 0.2) is 5.76 Å². The quantitative estimate of drug-likeness (QED) is 0.677. The standard InChI is InChI=1S/C18H18N2O3S/c1-3-20(18(21)17-8-5-9-24-17)12-14-11-16(23-19-14)13-6-4-7-15(10-13)22-2/h4-11H,3,12H2,1-2H3. The van der Waals surface area contributed by atoms with E-state index < -0.39 is 0 Å². The Balaban J connectivity index is 1.76. The molecule has 0 fully saturated rings. The van der Waals surface area contributed by atoms with E-state index in [0.29, 0.717) is 18.8 Å². The van der Waals surface area contributed by atoms with Gasteiger partial charge in [-0.05, 0) is 30.5 Å². The van der Waals surface area contributed by atoms with Crippen LogP contribution >= 0.6 is 11.3 Å². The molecule has 0 unspecified atom stereocenters. The van der Waals surface area contributed by atoms with Gasteiger partial charge in [-0.3, -0.25) is 4.79 Å². The average molecular weight is 342 g/mol. The third-order valence-corrected chi connectivity index (χ3v) is 4.52. The fourth-order valence-corrected chi connectivity index (χ4v) is 3.07. The zero-order valence-electron chi connectivity index (χ0n) is 13.6. The summed E-state index contributed by atoms with van der Waals surface area (Å²) in [6, 6.07) is 13.2. The van der Waals surface area contributed by atoms with E-state index in [1.165, 1.54) is 11.3 Å². The van der Waals surface area contributed by atoms with E-state index in [4.69, 9.17) is 9.26 Å². The highest BCUT2D eigenvalue weighted by atomic mass is 32.1. The molecule has 0 spiro atoms. The first-order valence-corrected chi connectivity index (χ1v) is 8.52. The van der Waals surface area contributed by atoms with Gasteiger partial charge in [0.25, 0.3) is 5.91 Å². The average Bonchev–Trinajstić information content (AvgIpc) is 3.31. The van der Waals surface area contributed by atoms with Crippen LogP contribution in [-0.4, -0.2) is 29.6 Å². The molecule has 0 saturated heterocycles. The zero-order chi connectivity index (χ0) is 16.9. The third-order valence-electron chi connectivity index (χ3n) is 3.67. The molecular weight excluding hydrogens is 324 g/mol. The van der Waals surface area contributed by atoms with E-state index in [9.17, 15) is 4.79 Å². The molecule has 1 amide bonds. The van der Waals surface area contributed by atoms with Crippen molar-refractivity contribution < 1.29 is 14.1 Å². The maximum atomic E-state index is 12.5. The van der Waals surface area contributed by atoms with Crippen molar-refractivity contribution in [2.45, 2.75) is 13.5 Å². The fraction of sp³-hybridized carbons (Fsp3) is 0.222. The van der Waals surface area contributed by atoms with Gasteiger partial charge < -0.3 is 14.2 Å². The summed E-state index contributed by atoms with van der Waals surface area (Å²) in [6.07, 6.45) is 0. The number of hydrogen-bond donors (Lipinski definition) is 0. The Hall–Kier alpha value is -2.60. The van der Waals surface area contributed by atoms with Crippen molar-refractivity contribution in [1.82, 2.24) is 10.1 Å². The van der Waals surface area contributed by atoms with Crippen LogP contribution in [0.4, 0.5) is 0 Å². The Bertz CT molecular complexity index is 811. The van der Waals surface area contributed by atoms with Crippen LogP contribution in [-0.2, 0) is 6.54 Å². The third kappa shape index (κ3) is 3.49. The highest BCUT2D eigenvalue weighted by Crippen LogP contribution is 2.25. The van der Waals surface area contributed by atoms with Gasteiger partial charge in [0.2, 0.25) is 0 Å². The van der Waals surface area contributed by atoms with Crippen molar-refractivity contribution in [1.29, 1.82) is 0 Å². The molecule has 0 radical (unpaired) electrons. The summed E-state index contributed by atoms with van der Waals surface area (Å²) in [4.78, 5) is 14.9. The Morgan fingerprint density at radius 3 is 2.88 bits per heavy atom. The number of aromatic nitrogens is 1. The lowest BCUT2D eigenvalue weighted by Gasteiger charge is -2.18. The number of nitrogens with zero attached hydrogens (tertiary/aromatic N) is 2. The second-order valence-corrected chi connectivity index (χ2v) is 6.16. The largest absolute Gasteiger partial charge is 0.497 e. The van der Waals surface area contributed by atoms with Crippen molar-refractivity contribution in [2.75, 3.05) is 13.7 Å². The maximum absolute atomic E-state index is 12.5. The molecule has 24 heavy (non-hydrogen) atoms. The predicted octanol–water partition coefficient (Wildman–Crippen LogP) is 4.07. The van der Waals surface area contributed by atoms with Gasteiger partial charge in [-0.1, -0.05) is 23.4 Å². The Kier molecular flexibility index (Phi) is 4.96. The maximum Gasteiger partial charge on any atom is 0.264 e. The molecule has 6 heteroatoms. The highest BCUT2D eigenvalue weighted by molar-refractivity contribution is 7.12. The summed E-state index contributed by atoms with van der Waals surface area (Å²) in [6.45, 7) is 2.98. The van der Waals surface area contributed by atoms with E-state index in [-0.39, 0.29) is 5.91 Å². The minimum atomic E-state index is 0.0124. The molecule has 3 rings (SSSR count). The Labute approximate surface area is 144 Å². The van der Waals surface area contributed by atoms with Crippen molar-refractivity contribution >= 4 is 17.2 Å². The number of hydrogen-bond acceptors (Lipinski definition) is 5. The summed E-state index contributed by atoms with van der Waals surface area (Å²) in [5, 5.41) is 5.99. The molecule has 0 aliphatic heterocycles. The monoisotopic (exact) mass is 342 g/mol. The number of amides is 1. The van der Waals surface area contributed by atoms with Gasteiger partial charge in [-0.2, -0.15) is 0 Å². The number of thiophene rings is 1. The Morgan fingerprint density at radius 2 is 2.17 bits per heavy atom. The van der Waals surface area contributed by atoms with Gasteiger partial charge in [-0.25, -0.2) is 0 Å². The summed E-state index contributed by atoms with van der Waals surface area (Å²) < 4.78 is 10.6. The second-order valence-electron chi connectivity index (χ2n) is 5.21. The van der Waals surface area contributed by atoms with Crippen LogP contribution in [0.15, 0.2) is 52.4 Å². The molecule has 0 bridgehead atoms. The number of carbonyl (C=O) groups excluding carboxylic acids is 1. The number of rotatable bonds is 6. The molecule has 0 aliphatic carbocycles. The summed E-state index contributed by atoms with van der Waals surface area (Å²) in [7, 11) is 1.63. The highest BCUT2D eigenvalue weighted by Gasteiger charge is 2.17. The van der Waals surface area contributed by atoms with Crippen LogP contribution in [0.3, 0.4) is 0 Å². The van der Waals surface area contributed by atoms with E-state index in [0.717, 1.165) is 21.9 Å². The molecule has 0 aliphatic rings. The Morgan fingerprint density at radius 1 is 1.29 bits per heavy atom. The van der Waals surface area contributed by atoms with Crippen molar-refractivity contribution in [3.05, 3.63) is 58.4 Å². The van der Waals surface area contributed by atoms with Crippen molar-refractivity contribution in [3.63, 3.8) is 0 Å². The lowest BCUT2D eigenvalue weighted by molar-refractivity contribution is 0.0754. The first-order valence-electron chi connectivity index (χ1n) is 7.64. The topological polar surface area (TPSA) is 55.6 Å². The smallest absolute Gasteiger partial charge is 0.264 e. The van der Waals surface area contributed by atoms with E-state index in [2.05, 4.69) is 5.16 Å². The van der Waals surface area contributed by atoms with Crippen LogP contribution in [0, 0.1) is 0 Å². The lowest BCUT2D eigenvalue weighted by Crippen LogP contribution is -2.29. The minimum Gasteiger partial charge on any atom is -0.497 e. The molecule has 0 atom stereocenters. The fourth-order valence-electron chi connectivity index (χ4n) is 2.38. The van der Waals surface area contributed by atoms with E-state index in [1.54, 1.807) is 12.0 Å². The normalized spacial score (nSPS) is 10.6.